The molecule has 0 spiro atoms. The second kappa shape index (κ2) is 6.50. The summed E-state index contributed by atoms with van der Waals surface area (Å²) in [5.41, 5.74) is -0.663. The summed E-state index contributed by atoms with van der Waals surface area (Å²) >= 11 is 0. The maximum Gasteiger partial charge on any atom is 0.307 e. The number of hydrogen-bond acceptors (Lipinski definition) is 4. The monoisotopic (exact) mass is 310 g/mol. The summed E-state index contributed by atoms with van der Waals surface area (Å²) in [7, 11) is 0. The van der Waals surface area contributed by atoms with E-state index < -0.39 is 34.5 Å². The lowest BCUT2D eigenvalue weighted by molar-refractivity contribution is -0.384. The maximum atomic E-state index is 13.7. The zero-order valence-corrected chi connectivity index (χ0v) is 11.6. The van der Waals surface area contributed by atoms with Crippen LogP contribution in [0.3, 0.4) is 0 Å². The molecule has 0 bridgehead atoms. The minimum atomic E-state index is -1.06. The standard InChI is InChI=1S/C14H15FN2O5/c15-11-6-5-8(17(21)22)7-12(11)16-13(18)9-3-1-2-4-10(9)14(19)20/h5-7,9-10H,1-4H2,(H,16,18)(H,19,20)/t9-,10+/m0/s1. The third-order valence-electron chi connectivity index (χ3n) is 3.84. The average molecular weight is 310 g/mol. The van der Waals surface area contributed by atoms with Crippen molar-refractivity contribution in [2.75, 3.05) is 5.32 Å². The Kier molecular flexibility index (Phi) is 4.69. The van der Waals surface area contributed by atoms with Crippen LogP contribution in [0.15, 0.2) is 18.2 Å². The van der Waals surface area contributed by atoms with Crippen LogP contribution in [0.1, 0.15) is 25.7 Å². The van der Waals surface area contributed by atoms with E-state index in [0.717, 1.165) is 31.0 Å². The molecule has 1 aromatic carbocycles. The number of hydrogen-bond donors (Lipinski definition) is 2. The van der Waals surface area contributed by atoms with Gasteiger partial charge in [0.15, 0.2) is 0 Å². The molecule has 0 aromatic heterocycles. The Morgan fingerprint density at radius 1 is 1.27 bits per heavy atom. The maximum absolute atomic E-state index is 13.7. The number of nitrogens with zero attached hydrogens (tertiary/aromatic N) is 1. The van der Waals surface area contributed by atoms with Gasteiger partial charge in [0.05, 0.1) is 22.4 Å². The summed E-state index contributed by atoms with van der Waals surface area (Å²) in [6.07, 6.45) is 2.25. The van der Waals surface area contributed by atoms with Crippen molar-refractivity contribution in [1.29, 1.82) is 0 Å². The van der Waals surface area contributed by atoms with Crippen LogP contribution >= 0.6 is 0 Å². The van der Waals surface area contributed by atoms with Crippen molar-refractivity contribution in [1.82, 2.24) is 0 Å². The number of carbonyl (C=O) groups is 2. The van der Waals surface area contributed by atoms with Crippen molar-refractivity contribution in [2.24, 2.45) is 11.8 Å². The Hall–Kier alpha value is -2.51. The van der Waals surface area contributed by atoms with Crippen LogP contribution < -0.4 is 5.32 Å². The van der Waals surface area contributed by atoms with Crippen LogP contribution in [0.2, 0.25) is 0 Å². The van der Waals surface area contributed by atoms with Gasteiger partial charge in [-0.25, -0.2) is 4.39 Å². The van der Waals surface area contributed by atoms with Gasteiger partial charge in [0, 0.05) is 12.1 Å². The molecule has 1 amide bonds. The largest absolute Gasteiger partial charge is 0.481 e. The molecule has 2 atom stereocenters. The van der Waals surface area contributed by atoms with Crippen LogP contribution in [-0.4, -0.2) is 21.9 Å². The van der Waals surface area contributed by atoms with Crippen molar-refractivity contribution in [2.45, 2.75) is 25.7 Å². The average Bonchev–Trinajstić information content (AvgIpc) is 2.49. The molecule has 0 aliphatic heterocycles. The highest BCUT2D eigenvalue weighted by molar-refractivity contribution is 5.95. The molecule has 1 fully saturated rings. The van der Waals surface area contributed by atoms with Crippen LogP contribution in [-0.2, 0) is 9.59 Å². The molecule has 2 rings (SSSR count). The predicted octanol–water partition coefficient (Wildman–Crippen LogP) is 2.56. The van der Waals surface area contributed by atoms with Crippen LogP contribution in [0.5, 0.6) is 0 Å². The lowest BCUT2D eigenvalue weighted by Crippen LogP contribution is -2.36. The highest BCUT2D eigenvalue weighted by atomic mass is 19.1. The number of carbonyl (C=O) groups excluding carboxylic acids is 1. The van der Waals surface area contributed by atoms with Gasteiger partial charge < -0.3 is 10.4 Å². The van der Waals surface area contributed by atoms with Gasteiger partial charge in [0.2, 0.25) is 5.91 Å². The molecule has 0 unspecified atom stereocenters. The fourth-order valence-corrected chi connectivity index (χ4v) is 2.69. The fourth-order valence-electron chi connectivity index (χ4n) is 2.69. The number of carboxylic acid groups (broad SMARTS) is 1. The summed E-state index contributed by atoms with van der Waals surface area (Å²) in [5, 5.41) is 22.1. The van der Waals surface area contributed by atoms with Crippen molar-refractivity contribution < 1.29 is 24.0 Å². The van der Waals surface area contributed by atoms with Gasteiger partial charge in [-0.05, 0) is 18.9 Å². The summed E-state index contributed by atoms with van der Waals surface area (Å²) in [6, 6.07) is 2.81. The number of carboxylic acids is 1. The van der Waals surface area contributed by atoms with E-state index in [4.69, 9.17) is 5.11 Å². The summed E-state index contributed by atoms with van der Waals surface area (Å²) in [4.78, 5) is 33.4. The van der Waals surface area contributed by atoms with E-state index >= 15 is 0 Å². The number of nitro groups is 1. The topological polar surface area (TPSA) is 110 Å². The molecule has 0 heterocycles. The Balaban J connectivity index is 2.19. The summed E-state index contributed by atoms with van der Waals surface area (Å²) < 4.78 is 13.7. The van der Waals surface area contributed by atoms with Crippen LogP contribution in [0.25, 0.3) is 0 Å². The Morgan fingerprint density at radius 2 is 1.91 bits per heavy atom. The van der Waals surface area contributed by atoms with E-state index in [1.165, 1.54) is 0 Å². The molecule has 118 valence electrons. The highest BCUT2D eigenvalue weighted by Crippen LogP contribution is 2.32. The minimum Gasteiger partial charge on any atom is -0.481 e. The predicted molar refractivity (Wildman–Crippen MR) is 74.8 cm³/mol. The van der Waals surface area contributed by atoms with Gasteiger partial charge >= 0.3 is 5.97 Å². The quantitative estimate of drug-likeness (QED) is 0.656. The van der Waals surface area contributed by atoms with Gasteiger partial charge in [-0.1, -0.05) is 12.8 Å². The van der Waals surface area contributed by atoms with Crippen molar-refractivity contribution in [3.8, 4) is 0 Å². The lowest BCUT2D eigenvalue weighted by Gasteiger charge is -2.27. The minimum absolute atomic E-state index is 0.311. The normalized spacial score (nSPS) is 21.1. The first-order chi connectivity index (χ1) is 10.4. The van der Waals surface area contributed by atoms with Crippen molar-refractivity contribution in [3.05, 3.63) is 34.1 Å². The summed E-state index contributed by atoms with van der Waals surface area (Å²) in [6.45, 7) is 0. The molecule has 0 radical (unpaired) electrons. The van der Waals surface area contributed by atoms with Crippen molar-refractivity contribution >= 4 is 23.3 Å². The van der Waals surface area contributed by atoms with E-state index in [0.29, 0.717) is 12.8 Å². The Bertz CT molecular complexity index is 619. The first-order valence-electron chi connectivity index (χ1n) is 6.87. The number of benzene rings is 1. The fraction of sp³-hybridized carbons (Fsp3) is 0.429. The second-order valence-electron chi connectivity index (χ2n) is 5.25. The number of anilines is 1. The zero-order chi connectivity index (χ0) is 16.3. The Labute approximate surface area is 125 Å². The van der Waals surface area contributed by atoms with Gasteiger partial charge in [-0.2, -0.15) is 0 Å². The molecule has 2 N–H and O–H groups in total. The van der Waals surface area contributed by atoms with Gasteiger partial charge in [0.1, 0.15) is 5.82 Å². The third kappa shape index (κ3) is 3.38. The lowest BCUT2D eigenvalue weighted by atomic mass is 9.78. The van der Waals surface area contributed by atoms with Crippen LogP contribution in [0.4, 0.5) is 15.8 Å². The third-order valence-corrected chi connectivity index (χ3v) is 3.84. The van der Waals surface area contributed by atoms with Gasteiger partial charge in [-0.3, -0.25) is 19.7 Å². The number of amides is 1. The SMILES string of the molecule is O=C(Nc1cc([N+](=O)[O-])ccc1F)[C@H]1CCCC[C@H]1C(=O)O. The van der Waals surface area contributed by atoms with Crippen molar-refractivity contribution in [3.63, 3.8) is 0 Å². The van der Waals surface area contributed by atoms with Crippen LogP contribution in [0, 0.1) is 27.8 Å². The molecular formula is C14H15FN2O5. The van der Waals surface area contributed by atoms with Gasteiger partial charge in [-0.15, -0.1) is 0 Å². The number of nitro benzene ring substituents is 1. The number of nitrogens with one attached hydrogen (secondary N) is 1. The molecule has 1 aliphatic rings. The summed E-state index contributed by atoms with van der Waals surface area (Å²) in [5.74, 6) is -4.05. The Morgan fingerprint density at radius 3 is 2.50 bits per heavy atom. The highest BCUT2D eigenvalue weighted by Gasteiger charge is 2.36. The molecule has 22 heavy (non-hydrogen) atoms. The number of halogens is 1. The van der Waals surface area contributed by atoms with Gasteiger partial charge in [0.25, 0.3) is 5.69 Å². The zero-order valence-electron chi connectivity index (χ0n) is 11.6. The second-order valence-corrected chi connectivity index (χ2v) is 5.25. The molecule has 1 saturated carbocycles. The van der Waals surface area contributed by atoms with E-state index in [2.05, 4.69) is 5.32 Å². The van der Waals surface area contributed by atoms with E-state index in [9.17, 15) is 24.1 Å². The van der Waals surface area contributed by atoms with E-state index in [1.807, 2.05) is 0 Å². The smallest absolute Gasteiger partial charge is 0.307 e. The number of non-ortho nitro benzene ring substituents is 1. The number of rotatable bonds is 4. The molecule has 7 nitrogen and oxygen atoms in total. The first kappa shape index (κ1) is 15.9. The van der Waals surface area contributed by atoms with E-state index in [1.54, 1.807) is 0 Å². The number of aliphatic carboxylic acids is 1. The molecule has 8 heteroatoms. The molecular weight excluding hydrogens is 295 g/mol. The van der Waals surface area contributed by atoms with E-state index in [-0.39, 0.29) is 11.4 Å². The molecule has 1 aliphatic carbocycles. The first-order valence-corrected chi connectivity index (χ1v) is 6.87. The molecule has 0 saturated heterocycles. The molecule has 1 aromatic rings.